The van der Waals surface area contributed by atoms with Crippen molar-refractivity contribution in [2.24, 2.45) is 0 Å². The number of furan rings is 1. The van der Waals surface area contributed by atoms with Crippen LogP contribution in [0.25, 0.3) is 28.2 Å². The lowest BCUT2D eigenvalue weighted by molar-refractivity contribution is -0.141. The van der Waals surface area contributed by atoms with Crippen molar-refractivity contribution in [3.8, 4) is 22.6 Å². The third kappa shape index (κ3) is 2.88. The summed E-state index contributed by atoms with van der Waals surface area (Å²) in [5.41, 5.74) is 6.27. The van der Waals surface area contributed by atoms with Gasteiger partial charge in [-0.1, -0.05) is 0 Å². The van der Waals surface area contributed by atoms with Gasteiger partial charge in [-0.2, -0.15) is 13.2 Å². The molecule has 0 fully saturated rings. The van der Waals surface area contributed by atoms with Gasteiger partial charge in [-0.25, -0.2) is 9.97 Å². The maximum absolute atomic E-state index is 13.3. The molecular weight excluding hydrogens is 361 g/mol. The van der Waals surface area contributed by atoms with Crippen LogP contribution in [0.2, 0.25) is 0 Å². The number of fused-ring (bicyclic) bond motifs is 1. The first-order chi connectivity index (χ1) is 12.7. The van der Waals surface area contributed by atoms with Crippen molar-refractivity contribution in [3.63, 3.8) is 0 Å². The number of alkyl halides is 3. The highest BCUT2D eigenvalue weighted by Crippen LogP contribution is 2.38. The Morgan fingerprint density at radius 1 is 1.11 bits per heavy atom. The van der Waals surface area contributed by atoms with Gasteiger partial charge in [0.25, 0.3) is 0 Å². The topological polar surface area (TPSA) is 95.1 Å². The molecule has 138 valence electrons. The Morgan fingerprint density at radius 3 is 2.56 bits per heavy atom. The van der Waals surface area contributed by atoms with Gasteiger partial charge in [0.05, 0.1) is 5.56 Å². The van der Waals surface area contributed by atoms with Gasteiger partial charge in [-0.3, -0.25) is 4.40 Å². The van der Waals surface area contributed by atoms with Crippen LogP contribution in [0, 0.1) is 13.8 Å². The predicted molar refractivity (Wildman–Crippen MR) is 90.6 cm³/mol. The molecule has 0 amide bonds. The number of halogens is 3. The highest BCUT2D eigenvalue weighted by Gasteiger charge is 2.33. The number of nitrogens with zero attached hydrogens (tertiary/aromatic N) is 5. The van der Waals surface area contributed by atoms with Gasteiger partial charge < -0.3 is 10.2 Å². The van der Waals surface area contributed by atoms with Gasteiger partial charge in [-0.15, -0.1) is 10.2 Å². The fourth-order valence-electron chi connectivity index (χ4n) is 2.87. The number of aryl methyl sites for hydroxylation is 2. The predicted octanol–water partition coefficient (Wildman–Crippen LogP) is 3.66. The van der Waals surface area contributed by atoms with E-state index in [0.717, 1.165) is 6.07 Å². The molecule has 4 aromatic heterocycles. The molecule has 0 aliphatic rings. The smallest absolute Gasteiger partial charge is 0.433 e. The summed E-state index contributed by atoms with van der Waals surface area (Å²) in [5, 5.41) is 7.83. The zero-order valence-corrected chi connectivity index (χ0v) is 14.2. The van der Waals surface area contributed by atoms with E-state index in [-0.39, 0.29) is 28.5 Å². The second-order valence-corrected chi connectivity index (χ2v) is 6.01. The molecule has 4 aromatic rings. The Morgan fingerprint density at radius 2 is 1.89 bits per heavy atom. The van der Waals surface area contributed by atoms with Crippen LogP contribution in [0.15, 0.2) is 35.0 Å². The van der Waals surface area contributed by atoms with Crippen LogP contribution < -0.4 is 5.73 Å². The van der Waals surface area contributed by atoms with Crippen LogP contribution in [0.5, 0.6) is 0 Å². The molecule has 4 heterocycles. The van der Waals surface area contributed by atoms with Crippen LogP contribution in [-0.4, -0.2) is 24.6 Å². The van der Waals surface area contributed by atoms with Crippen molar-refractivity contribution in [1.82, 2.24) is 24.6 Å². The summed E-state index contributed by atoms with van der Waals surface area (Å²) >= 11 is 0. The van der Waals surface area contributed by atoms with Crippen molar-refractivity contribution >= 4 is 11.6 Å². The van der Waals surface area contributed by atoms with Crippen molar-refractivity contribution in [2.75, 3.05) is 5.73 Å². The summed E-state index contributed by atoms with van der Waals surface area (Å²) in [4.78, 5) is 7.91. The second kappa shape index (κ2) is 5.79. The molecule has 0 aliphatic heterocycles. The summed E-state index contributed by atoms with van der Waals surface area (Å²) < 4.78 is 46.8. The molecule has 0 unspecified atom stereocenters. The second-order valence-electron chi connectivity index (χ2n) is 6.01. The quantitative estimate of drug-likeness (QED) is 0.575. The van der Waals surface area contributed by atoms with E-state index in [1.807, 2.05) is 0 Å². The largest absolute Gasteiger partial charge is 0.460 e. The SMILES string of the molecule is Cc1cc(-c2c(-c3ccc(C)o3)nc(N)n3cnnc23)cc(C(F)(F)F)n1. The summed E-state index contributed by atoms with van der Waals surface area (Å²) in [6, 6.07) is 5.88. The summed E-state index contributed by atoms with van der Waals surface area (Å²) in [5.74, 6) is 1.08. The first-order valence-corrected chi connectivity index (χ1v) is 7.86. The van der Waals surface area contributed by atoms with Gasteiger partial charge >= 0.3 is 6.18 Å². The van der Waals surface area contributed by atoms with Gasteiger partial charge in [-0.05, 0) is 43.7 Å². The van der Waals surface area contributed by atoms with Gasteiger partial charge in [0.15, 0.2) is 11.4 Å². The number of aromatic nitrogens is 5. The zero-order valence-electron chi connectivity index (χ0n) is 14.2. The maximum Gasteiger partial charge on any atom is 0.433 e. The Hall–Kier alpha value is -3.43. The molecule has 0 aromatic carbocycles. The standard InChI is InChI=1S/C17H13F3N6O/c1-8-5-10(6-12(23-8)17(18,19)20)13-14(11-4-3-9(2)27-11)24-16(21)26-7-22-25-15(13)26/h3-7H,1-2H3,(H2,21,24). The lowest BCUT2D eigenvalue weighted by Crippen LogP contribution is -2.10. The Labute approximate surface area is 150 Å². The molecule has 0 saturated heterocycles. The first-order valence-electron chi connectivity index (χ1n) is 7.86. The van der Waals surface area contributed by atoms with Gasteiger partial charge in [0.2, 0.25) is 5.95 Å². The van der Waals surface area contributed by atoms with E-state index in [2.05, 4.69) is 20.2 Å². The summed E-state index contributed by atoms with van der Waals surface area (Å²) in [6.07, 6.45) is -3.25. The lowest BCUT2D eigenvalue weighted by atomic mass is 10.0. The summed E-state index contributed by atoms with van der Waals surface area (Å²) in [7, 11) is 0. The monoisotopic (exact) mass is 374 g/mol. The molecule has 7 nitrogen and oxygen atoms in total. The van der Waals surface area contributed by atoms with Gasteiger partial charge in [0, 0.05) is 5.69 Å². The minimum atomic E-state index is -4.59. The first kappa shape index (κ1) is 17.0. The average Bonchev–Trinajstić information content (AvgIpc) is 3.22. The Kier molecular flexibility index (Phi) is 3.65. The molecular formula is C17H13F3N6O. The Bertz CT molecular complexity index is 1160. The molecule has 4 rings (SSSR count). The van der Waals surface area contributed by atoms with Crippen molar-refractivity contribution in [1.29, 1.82) is 0 Å². The fraction of sp³-hybridized carbons (Fsp3) is 0.176. The highest BCUT2D eigenvalue weighted by atomic mass is 19.4. The molecule has 10 heteroatoms. The molecule has 0 bridgehead atoms. The number of pyridine rings is 1. The molecule has 27 heavy (non-hydrogen) atoms. The number of nitrogens with two attached hydrogens (primary N) is 1. The van der Waals surface area contributed by atoms with Crippen LogP contribution in [-0.2, 0) is 6.18 Å². The minimum absolute atomic E-state index is 0.0876. The summed E-state index contributed by atoms with van der Waals surface area (Å²) in [6.45, 7) is 3.24. The van der Waals surface area contributed by atoms with Crippen molar-refractivity contribution in [2.45, 2.75) is 20.0 Å². The third-order valence-electron chi connectivity index (χ3n) is 3.99. The number of rotatable bonds is 2. The Balaban J connectivity index is 2.08. The fourth-order valence-corrected chi connectivity index (χ4v) is 2.87. The van der Waals surface area contributed by atoms with Crippen LogP contribution >= 0.6 is 0 Å². The van der Waals surface area contributed by atoms with E-state index in [4.69, 9.17) is 10.2 Å². The molecule has 2 N–H and O–H groups in total. The van der Waals surface area contributed by atoms with Crippen LogP contribution in [0.3, 0.4) is 0 Å². The molecule has 0 spiro atoms. The van der Waals surface area contributed by atoms with E-state index in [0.29, 0.717) is 17.1 Å². The molecule has 0 radical (unpaired) electrons. The van der Waals surface area contributed by atoms with E-state index < -0.39 is 11.9 Å². The van der Waals surface area contributed by atoms with Crippen molar-refractivity contribution < 1.29 is 17.6 Å². The van der Waals surface area contributed by atoms with Crippen molar-refractivity contribution in [3.05, 3.63) is 47.7 Å². The van der Waals surface area contributed by atoms with E-state index >= 15 is 0 Å². The normalized spacial score (nSPS) is 12.0. The average molecular weight is 374 g/mol. The van der Waals surface area contributed by atoms with E-state index in [9.17, 15) is 13.2 Å². The van der Waals surface area contributed by atoms with E-state index in [1.54, 1.807) is 19.1 Å². The third-order valence-corrected chi connectivity index (χ3v) is 3.99. The lowest BCUT2D eigenvalue weighted by Gasteiger charge is -2.13. The number of hydrogen-bond acceptors (Lipinski definition) is 6. The highest BCUT2D eigenvalue weighted by molar-refractivity contribution is 5.89. The number of hydrogen-bond donors (Lipinski definition) is 1. The van der Waals surface area contributed by atoms with Crippen LogP contribution in [0.4, 0.5) is 19.1 Å². The molecule has 0 aliphatic carbocycles. The number of nitrogen functional groups attached to an aromatic ring is 1. The van der Waals surface area contributed by atoms with Gasteiger partial charge in [0.1, 0.15) is 23.5 Å². The molecule has 0 saturated carbocycles. The van der Waals surface area contributed by atoms with E-state index in [1.165, 1.54) is 23.7 Å². The maximum atomic E-state index is 13.3. The molecule has 0 atom stereocenters. The minimum Gasteiger partial charge on any atom is -0.460 e. The zero-order chi connectivity index (χ0) is 19.3. The number of anilines is 1. The van der Waals surface area contributed by atoms with Crippen LogP contribution in [0.1, 0.15) is 17.1 Å².